The van der Waals surface area contributed by atoms with Gasteiger partial charge in [-0.3, -0.25) is 0 Å². The fourth-order valence-corrected chi connectivity index (χ4v) is 3.03. The van der Waals surface area contributed by atoms with Crippen LogP contribution in [0.3, 0.4) is 0 Å². The minimum atomic E-state index is -0.0432. The zero-order valence-electron chi connectivity index (χ0n) is 11.6. The summed E-state index contributed by atoms with van der Waals surface area (Å²) < 4.78 is 2.17. The van der Waals surface area contributed by atoms with E-state index in [1.165, 1.54) is 0 Å². The number of halogens is 1. The smallest absolute Gasteiger partial charge is 0.127 e. The third-order valence-electron chi connectivity index (χ3n) is 3.17. The summed E-state index contributed by atoms with van der Waals surface area (Å²) in [7, 11) is 0. The standard InChI is InChI=1S/C14H20ClN3S/c1-9(2)18-13-10(15)5-4-6-12(13)17-14(18)11(16)7-8-19-3/h4-6,9,11H,7-8,16H2,1-3H3. The fourth-order valence-electron chi connectivity index (χ4n) is 2.28. The Balaban J connectivity index is 2.54. The lowest BCUT2D eigenvalue weighted by Gasteiger charge is -2.17. The van der Waals surface area contributed by atoms with E-state index in [0.717, 1.165) is 34.1 Å². The second kappa shape index (κ2) is 6.16. The molecule has 0 saturated carbocycles. The van der Waals surface area contributed by atoms with Crippen LogP contribution in [0.5, 0.6) is 0 Å². The summed E-state index contributed by atoms with van der Waals surface area (Å²) in [6.07, 6.45) is 3.02. The molecule has 104 valence electrons. The molecule has 0 radical (unpaired) electrons. The van der Waals surface area contributed by atoms with Gasteiger partial charge >= 0.3 is 0 Å². The van der Waals surface area contributed by atoms with Crippen LogP contribution in [0.4, 0.5) is 0 Å². The van der Waals surface area contributed by atoms with Crippen LogP contribution in [-0.2, 0) is 0 Å². The summed E-state index contributed by atoms with van der Waals surface area (Å²) in [5.74, 6) is 1.98. The zero-order valence-corrected chi connectivity index (χ0v) is 13.1. The van der Waals surface area contributed by atoms with Gasteiger partial charge in [-0.05, 0) is 44.4 Å². The number of rotatable bonds is 5. The lowest BCUT2D eigenvalue weighted by atomic mass is 10.2. The third-order valence-corrected chi connectivity index (χ3v) is 4.12. The number of benzene rings is 1. The van der Waals surface area contributed by atoms with Crippen LogP contribution in [0, 0.1) is 0 Å². The van der Waals surface area contributed by atoms with E-state index in [-0.39, 0.29) is 6.04 Å². The van der Waals surface area contributed by atoms with E-state index in [4.69, 9.17) is 22.3 Å². The second-order valence-electron chi connectivity index (χ2n) is 4.93. The largest absolute Gasteiger partial charge is 0.323 e. The molecule has 1 aromatic carbocycles. The molecule has 0 aliphatic rings. The van der Waals surface area contributed by atoms with Crippen LogP contribution in [0.2, 0.25) is 5.02 Å². The molecular weight excluding hydrogens is 278 g/mol. The first-order valence-electron chi connectivity index (χ1n) is 6.47. The van der Waals surface area contributed by atoms with Crippen molar-refractivity contribution < 1.29 is 0 Å². The molecule has 0 spiro atoms. The van der Waals surface area contributed by atoms with Gasteiger partial charge in [-0.2, -0.15) is 11.8 Å². The molecule has 0 saturated heterocycles. The maximum Gasteiger partial charge on any atom is 0.127 e. The molecule has 2 N–H and O–H groups in total. The molecule has 1 atom stereocenters. The molecule has 1 aromatic heterocycles. The van der Waals surface area contributed by atoms with Gasteiger partial charge in [0.15, 0.2) is 0 Å². The van der Waals surface area contributed by atoms with E-state index < -0.39 is 0 Å². The highest BCUT2D eigenvalue weighted by atomic mass is 35.5. The quantitative estimate of drug-likeness (QED) is 0.906. The van der Waals surface area contributed by atoms with Crippen molar-refractivity contribution >= 4 is 34.4 Å². The number of aromatic nitrogens is 2. The molecule has 2 aromatic rings. The predicted molar refractivity (Wildman–Crippen MR) is 85.1 cm³/mol. The molecule has 0 aliphatic carbocycles. The maximum absolute atomic E-state index is 6.32. The van der Waals surface area contributed by atoms with Crippen molar-refractivity contribution in [3.05, 3.63) is 29.0 Å². The molecule has 3 nitrogen and oxygen atoms in total. The number of imidazole rings is 1. The van der Waals surface area contributed by atoms with Gasteiger partial charge < -0.3 is 10.3 Å². The van der Waals surface area contributed by atoms with Gasteiger partial charge in [-0.15, -0.1) is 0 Å². The molecule has 2 rings (SSSR count). The highest BCUT2D eigenvalue weighted by molar-refractivity contribution is 7.98. The summed E-state index contributed by atoms with van der Waals surface area (Å²) >= 11 is 8.13. The van der Waals surface area contributed by atoms with Crippen LogP contribution in [0.1, 0.15) is 38.2 Å². The monoisotopic (exact) mass is 297 g/mol. The Morgan fingerprint density at radius 2 is 2.16 bits per heavy atom. The Morgan fingerprint density at radius 1 is 1.42 bits per heavy atom. The minimum Gasteiger partial charge on any atom is -0.323 e. The zero-order chi connectivity index (χ0) is 14.0. The molecule has 1 heterocycles. The van der Waals surface area contributed by atoms with Crippen LogP contribution in [0.15, 0.2) is 18.2 Å². The van der Waals surface area contributed by atoms with Gasteiger partial charge in [-0.1, -0.05) is 17.7 Å². The van der Waals surface area contributed by atoms with E-state index >= 15 is 0 Å². The summed E-state index contributed by atoms with van der Waals surface area (Å²) in [4.78, 5) is 4.69. The number of thioether (sulfide) groups is 1. The molecule has 1 unspecified atom stereocenters. The molecule has 0 fully saturated rings. The molecule has 0 bridgehead atoms. The van der Waals surface area contributed by atoms with Crippen molar-refractivity contribution in [1.29, 1.82) is 0 Å². The van der Waals surface area contributed by atoms with E-state index in [9.17, 15) is 0 Å². The summed E-state index contributed by atoms with van der Waals surface area (Å²) in [6.45, 7) is 4.27. The number of hydrogen-bond donors (Lipinski definition) is 1. The van der Waals surface area contributed by atoms with Gasteiger partial charge in [-0.25, -0.2) is 4.98 Å². The highest BCUT2D eigenvalue weighted by Crippen LogP contribution is 2.30. The van der Waals surface area contributed by atoms with Crippen LogP contribution in [0.25, 0.3) is 11.0 Å². The lowest BCUT2D eigenvalue weighted by Crippen LogP contribution is -2.18. The Labute approximate surface area is 123 Å². The Hall–Kier alpha value is -0.710. The molecule has 0 aliphatic heterocycles. The van der Waals surface area contributed by atoms with Crippen LogP contribution >= 0.6 is 23.4 Å². The van der Waals surface area contributed by atoms with Gasteiger partial charge in [0, 0.05) is 6.04 Å². The highest BCUT2D eigenvalue weighted by Gasteiger charge is 2.20. The topological polar surface area (TPSA) is 43.8 Å². The molecule has 5 heteroatoms. The van der Waals surface area contributed by atoms with E-state index in [1.807, 2.05) is 18.2 Å². The second-order valence-corrected chi connectivity index (χ2v) is 6.32. The van der Waals surface area contributed by atoms with Gasteiger partial charge in [0.05, 0.1) is 22.1 Å². The van der Waals surface area contributed by atoms with E-state index in [1.54, 1.807) is 11.8 Å². The predicted octanol–water partition coefficient (Wildman–Crippen LogP) is 4.02. The number of fused-ring (bicyclic) bond motifs is 1. The van der Waals surface area contributed by atoms with Gasteiger partial charge in [0.1, 0.15) is 5.82 Å². The van der Waals surface area contributed by atoms with Crippen LogP contribution < -0.4 is 5.73 Å². The Kier molecular flexibility index (Phi) is 4.76. The number of nitrogens with zero attached hydrogens (tertiary/aromatic N) is 2. The van der Waals surface area contributed by atoms with Crippen molar-refractivity contribution in [3.63, 3.8) is 0 Å². The number of hydrogen-bond acceptors (Lipinski definition) is 3. The van der Waals surface area contributed by atoms with Crippen molar-refractivity contribution in [1.82, 2.24) is 9.55 Å². The first-order chi connectivity index (χ1) is 9.06. The summed E-state index contributed by atoms with van der Waals surface area (Å²) in [5.41, 5.74) is 8.21. The SMILES string of the molecule is CSCCC(N)c1nc2cccc(Cl)c2n1C(C)C. The Bertz CT molecular complexity index is 565. The summed E-state index contributed by atoms with van der Waals surface area (Å²) in [5, 5.41) is 0.738. The van der Waals surface area contributed by atoms with E-state index in [0.29, 0.717) is 6.04 Å². The summed E-state index contributed by atoms with van der Waals surface area (Å²) in [6, 6.07) is 6.07. The lowest BCUT2D eigenvalue weighted by molar-refractivity contribution is 0.536. The van der Waals surface area contributed by atoms with Gasteiger partial charge in [0.2, 0.25) is 0 Å². The fraction of sp³-hybridized carbons (Fsp3) is 0.500. The Morgan fingerprint density at radius 3 is 2.79 bits per heavy atom. The van der Waals surface area contributed by atoms with Crippen LogP contribution in [-0.4, -0.2) is 21.6 Å². The first kappa shape index (κ1) is 14.7. The van der Waals surface area contributed by atoms with E-state index in [2.05, 4.69) is 24.7 Å². The van der Waals surface area contributed by atoms with Crippen molar-refractivity contribution in [2.24, 2.45) is 5.73 Å². The number of para-hydroxylation sites is 1. The van der Waals surface area contributed by atoms with Crippen molar-refractivity contribution in [3.8, 4) is 0 Å². The molecular formula is C14H20ClN3S. The van der Waals surface area contributed by atoms with Gasteiger partial charge in [0.25, 0.3) is 0 Å². The average Bonchev–Trinajstić information content (AvgIpc) is 2.77. The average molecular weight is 298 g/mol. The van der Waals surface area contributed by atoms with Crippen molar-refractivity contribution in [2.45, 2.75) is 32.4 Å². The molecule has 0 amide bonds. The maximum atomic E-state index is 6.32. The molecule has 19 heavy (non-hydrogen) atoms. The minimum absolute atomic E-state index is 0.0432. The first-order valence-corrected chi connectivity index (χ1v) is 8.24. The normalized spacial score (nSPS) is 13.4. The third kappa shape index (κ3) is 2.91. The van der Waals surface area contributed by atoms with Crippen molar-refractivity contribution in [2.75, 3.05) is 12.0 Å². The number of nitrogens with two attached hydrogens (primary N) is 1.